The number of benzene rings is 1. The minimum absolute atomic E-state index is 0. The number of piperidine rings is 1. The molecule has 0 aliphatic carbocycles. The van der Waals surface area contributed by atoms with E-state index in [0.29, 0.717) is 31.0 Å². The average Bonchev–Trinajstić information content (AvgIpc) is 3.26. The Bertz CT molecular complexity index is 750. The molecule has 2 fully saturated rings. The number of nitrogens with zero attached hydrogens (tertiary/aromatic N) is 2. The summed E-state index contributed by atoms with van der Waals surface area (Å²) >= 11 is 0. The lowest BCUT2D eigenvalue weighted by atomic mass is 9.89. The fourth-order valence-electron chi connectivity index (χ4n) is 4.20. The Morgan fingerprint density at radius 2 is 1.93 bits per heavy atom. The van der Waals surface area contributed by atoms with Crippen LogP contribution < -0.4 is 15.4 Å². The zero-order valence-electron chi connectivity index (χ0n) is 15.6. The minimum Gasteiger partial charge on any atom is -0.497 e. The van der Waals surface area contributed by atoms with Crippen molar-refractivity contribution in [2.24, 2.45) is 5.92 Å². The number of amides is 1. The maximum atomic E-state index is 12.3. The van der Waals surface area contributed by atoms with Gasteiger partial charge in [0.2, 0.25) is 5.91 Å². The lowest BCUT2D eigenvalue weighted by molar-refractivity contribution is -0.122. The Balaban J connectivity index is 0.00000210. The Morgan fingerprint density at radius 3 is 2.59 bits per heavy atom. The summed E-state index contributed by atoms with van der Waals surface area (Å²) in [5.41, 5.74) is 1.83. The molecule has 2 aliphatic heterocycles. The van der Waals surface area contributed by atoms with Crippen molar-refractivity contribution in [3.63, 3.8) is 0 Å². The number of rotatable bonds is 6. The summed E-state index contributed by atoms with van der Waals surface area (Å²) in [6.07, 6.45) is 7.35. The summed E-state index contributed by atoms with van der Waals surface area (Å²) in [6, 6.07) is 10.9. The molecule has 3 heterocycles. The second-order valence-electron chi connectivity index (χ2n) is 7.41. The molecule has 4 rings (SSSR count). The number of aromatic nitrogens is 2. The molecule has 2 atom stereocenters. The van der Waals surface area contributed by atoms with Crippen molar-refractivity contribution in [3.05, 3.63) is 42.2 Å². The van der Waals surface area contributed by atoms with Crippen molar-refractivity contribution >= 4 is 18.3 Å². The summed E-state index contributed by atoms with van der Waals surface area (Å²) in [6.45, 7) is 0.472. The fraction of sp³-hybridized carbons (Fsp3) is 0.500. The summed E-state index contributed by atoms with van der Waals surface area (Å²) in [7, 11) is 1.65. The molecule has 2 N–H and O–H groups in total. The normalized spacial score (nSPS) is 23.5. The van der Waals surface area contributed by atoms with Crippen LogP contribution in [-0.4, -0.2) is 34.9 Å². The van der Waals surface area contributed by atoms with Gasteiger partial charge in [-0.25, -0.2) is 4.68 Å². The molecule has 6 nitrogen and oxygen atoms in total. The smallest absolute Gasteiger partial charge is 0.220 e. The van der Waals surface area contributed by atoms with Crippen LogP contribution in [0.5, 0.6) is 5.75 Å². The summed E-state index contributed by atoms with van der Waals surface area (Å²) in [5, 5.41) is 11.2. The molecule has 0 spiro atoms. The van der Waals surface area contributed by atoms with Crippen LogP contribution in [-0.2, 0) is 11.3 Å². The number of halogens is 1. The van der Waals surface area contributed by atoms with Crippen LogP contribution in [0.3, 0.4) is 0 Å². The van der Waals surface area contributed by atoms with Crippen molar-refractivity contribution in [2.75, 3.05) is 7.11 Å². The molecule has 27 heavy (non-hydrogen) atoms. The fourth-order valence-corrected chi connectivity index (χ4v) is 4.20. The number of nitrogens with one attached hydrogen (secondary N) is 2. The molecule has 2 saturated heterocycles. The topological polar surface area (TPSA) is 68.2 Å². The van der Waals surface area contributed by atoms with E-state index in [2.05, 4.69) is 15.7 Å². The third-order valence-corrected chi connectivity index (χ3v) is 5.49. The van der Waals surface area contributed by atoms with E-state index in [9.17, 15) is 4.79 Å². The predicted molar refractivity (Wildman–Crippen MR) is 106 cm³/mol. The monoisotopic (exact) mass is 390 g/mol. The maximum Gasteiger partial charge on any atom is 0.220 e. The summed E-state index contributed by atoms with van der Waals surface area (Å²) in [5.74, 6) is 1.47. The van der Waals surface area contributed by atoms with E-state index in [0.717, 1.165) is 30.0 Å². The highest BCUT2D eigenvalue weighted by Gasteiger charge is 2.34. The van der Waals surface area contributed by atoms with Crippen molar-refractivity contribution in [1.29, 1.82) is 0 Å². The Labute approximate surface area is 166 Å². The molecule has 2 unspecified atom stereocenters. The molecule has 0 radical (unpaired) electrons. The van der Waals surface area contributed by atoms with E-state index < -0.39 is 0 Å². The summed E-state index contributed by atoms with van der Waals surface area (Å²) < 4.78 is 6.98. The highest BCUT2D eigenvalue weighted by atomic mass is 35.5. The second kappa shape index (κ2) is 8.76. The zero-order valence-corrected chi connectivity index (χ0v) is 16.4. The molecule has 146 valence electrons. The molecule has 1 aromatic heterocycles. The van der Waals surface area contributed by atoms with Gasteiger partial charge in [-0.2, -0.15) is 5.10 Å². The first-order chi connectivity index (χ1) is 12.7. The van der Waals surface area contributed by atoms with Crippen LogP contribution in [0.15, 0.2) is 36.5 Å². The van der Waals surface area contributed by atoms with Gasteiger partial charge in [0.25, 0.3) is 0 Å². The van der Waals surface area contributed by atoms with E-state index >= 15 is 0 Å². The van der Waals surface area contributed by atoms with Crippen LogP contribution in [0, 0.1) is 5.92 Å². The first kappa shape index (κ1) is 19.7. The van der Waals surface area contributed by atoms with Gasteiger partial charge < -0.3 is 15.4 Å². The molecule has 1 amide bonds. The Hall–Kier alpha value is -2.05. The number of methoxy groups -OCH3 is 1. The Kier molecular flexibility index (Phi) is 6.39. The lowest BCUT2D eigenvalue weighted by Gasteiger charge is -2.28. The molecule has 0 saturated carbocycles. The standard InChI is InChI=1S/C20H26N4O2.ClH/c1-26-19-6-4-18(5-7-19)24-9-8-17(23-24)13-21-20(25)12-14-10-15-2-3-16(11-14)22-15;/h4-9,14-16,22H,2-3,10-13H2,1H3,(H,21,25);1H. The van der Waals surface area contributed by atoms with Crippen LogP contribution in [0.2, 0.25) is 0 Å². The number of fused-ring (bicyclic) bond motifs is 2. The summed E-state index contributed by atoms with van der Waals surface area (Å²) in [4.78, 5) is 12.3. The van der Waals surface area contributed by atoms with E-state index in [1.165, 1.54) is 12.8 Å². The number of hydrogen-bond acceptors (Lipinski definition) is 4. The van der Waals surface area contributed by atoms with E-state index in [1.807, 2.05) is 41.2 Å². The van der Waals surface area contributed by atoms with Crippen LogP contribution in [0.25, 0.3) is 5.69 Å². The molecule has 2 aromatic rings. The van der Waals surface area contributed by atoms with Gasteiger partial charge in [0, 0.05) is 24.7 Å². The SMILES string of the molecule is COc1ccc(-n2ccc(CNC(=O)CC3CC4CCC(C3)N4)n2)cc1.Cl. The molecule has 2 bridgehead atoms. The van der Waals surface area contributed by atoms with Crippen molar-refractivity contribution in [2.45, 2.75) is 50.7 Å². The third kappa shape index (κ3) is 4.82. The number of carbonyl (C=O) groups excluding carboxylic acids is 1. The quantitative estimate of drug-likeness (QED) is 0.795. The van der Waals surface area contributed by atoms with E-state index in [1.54, 1.807) is 7.11 Å². The van der Waals surface area contributed by atoms with Gasteiger partial charge in [0.15, 0.2) is 0 Å². The van der Waals surface area contributed by atoms with Gasteiger partial charge in [0.05, 0.1) is 25.0 Å². The van der Waals surface area contributed by atoms with Gasteiger partial charge in [-0.1, -0.05) is 0 Å². The third-order valence-electron chi connectivity index (χ3n) is 5.49. The molecular formula is C20H27ClN4O2. The van der Waals surface area contributed by atoms with Gasteiger partial charge in [-0.15, -0.1) is 12.4 Å². The largest absolute Gasteiger partial charge is 0.497 e. The first-order valence-electron chi connectivity index (χ1n) is 9.41. The van der Waals surface area contributed by atoms with Crippen molar-refractivity contribution < 1.29 is 9.53 Å². The Morgan fingerprint density at radius 1 is 1.22 bits per heavy atom. The van der Waals surface area contributed by atoms with Crippen molar-refractivity contribution in [1.82, 2.24) is 20.4 Å². The predicted octanol–water partition coefficient (Wildman–Crippen LogP) is 2.84. The van der Waals surface area contributed by atoms with Gasteiger partial charge in [0.1, 0.15) is 5.75 Å². The van der Waals surface area contributed by atoms with Gasteiger partial charge in [-0.05, 0) is 61.9 Å². The molecule has 7 heteroatoms. The average molecular weight is 391 g/mol. The molecular weight excluding hydrogens is 364 g/mol. The molecule has 1 aromatic carbocycles. The van der Waals surface area contributed by atoms with Crippen LogP contribution in [0.1, 0.15) is 37.8 Å². The van der Waals surface area contributed by atoms with E-state index in [-0.39, 0.29) is 18.3 Å². The van der Waals surface area contributed by atoms with Crippen molar-refractivity contribution in [3.8, 4) is 11.4 Å². The highest BCUT2D eigenvalue weighted by Crippen LogP contribution is 2.32. The number of carbonyl (C=O) groups is 1. The lowest BCUT2D eigenvalue weighted by Crippen LogP contribution is -2.39. The van der Waals surface area contributed by atoms with Gasteiger partial charge >= 0.3 is 0 Å². The highest BCUT2D eigenvalue weighted by molar-refractivity contribution is 5.85. The van der Waals surface area contributed by atoms with Crippen LogP contribution >= 0.6 is 12.4 Å². The first-order valence-corrected chi connectivity index (χ1v) is 9.41. The van der Waals surface area contributed by atoms with E-state index in [4.69, 9.17) is 4.74 Å². The number of hydrogen-bond donors (Lipinski definition) is 2. The zero-order chi connectivity index (χ0) is 17.9. The maximum absolute atomic E-state index is 12.3. The van der Waals surface area contributed by atoms with Crippen LogP contribution in [0.4, 0.5) is 0 Å². The number of ether oxygens (including phenoxy) is 1. The minimum atomic E-state index is 0. The molecule has 2 aliphatic rings. The van der Waals surface area contributed by atoms with Gasteiger partial charge in [-0.3, -0.25) is 4.79 Å². The second-order valence-corrected chi connectivity index (χ2v) is 7.41.